The maximum Gasteiger partial charge on any atom is 0.409 e. The molecule has 0 radical (unpaired) electrons. The lowest BCUT2D eigenvalue weighted by atomic mass is 9.98. The molecule has 3 fully saturated rings. The molecule has 0 aromatic carbocycles. The van der Waals surface area contributed by atoms with Crippen LogP contribution in [0.25, 0.3) is 0 Å². The minimum atomic E-state index is -3.66. The number of hydrogen-bond acceptors (Lipinski definition) is 6. The lowest BCUT2D eigenvalue weighted by Gasteiger charge is -2.38. The first kappa shape index (κ1) is 26.2. The van der Waals surface area contributed by atoms with Crippen LogP contribution in [0.15, 0.2) is 0 Å². The van der Waals surface area contributed by atoms with Crippen molar-refractivity contribution < 1.29 is 22.7 Å². The highest BCUT2D eigenvalue weighted by molar-refractivity contribution is 7.86. The molecule has 11 heteroatoms. The third-order valence-corrected chi connectivity index (χ3v) is 9.00. The molecule has 3 aliphatic rings. The minimum absolute atomic E-state index is 0.0469. The number of nitrogens with one attached hydrogen (secondary N) is 1. The summed E-state index contributed by atoms with van der Waals surface area (Å²) in [5.74, 6) is 0.451. The van der Waals surface area contributed by atoms with E-state index in [4.69, 9.17) is 4.74 Å². The van der Waals surface area contributed by atoms with Crippen LogP contribution in [0.1, 0.15) is 46.0 Å². The molecule has 0 aromatic heterocycles. The summed E-state index contributed by atoms with van der Waals surface area (Å²) in [5, 5.41) is 3.02. The van der Waals surface area contributed by atoms with Gasteiger partial charge in [0.1, 0.15) is 0 Å². The molecule has 1 N–H and O–H groups in total. The standard InChI is InChI=1S/C22H41N5O5S/c1-3-32-22(29)25-14-16-26(17-15-25)33(30,31)27-11-4-6-20(18-27)21(28)23-9-5-10-24-12-7-19(2)8-13-24/h19-20H,3-18H2,1-2H3,(H,23,28)/t20-/m0/s1. The Morgan fingerprint density at radius 3 is 2.33 bits per heavy atom. The molecule has 3 rings (SSSR count). The third kappa shape index (κ3) is 7.27. The summed E-state index contributed by atoms with van der Waals surface area (Å²) in [4.78, 5) is 28.6. The minimum Gasteiger partial charge on any atom is -0.450 e. The van der Waals surface area contributed by atoms with Gasteiger partial charge in [0.05, 0.1) is 12.5 Å². The summed E-state index contributed by atoms with van der Waals surface area (Å²) in [6.07, 6.45) is 4.39. The van der Waals surface area contributed by atoms with E-state index in [1.54, 1.807) is 6.92 Å². The van der Waals surface area contributed by atoms with Gasteiger partial charge in [0.2, 0.25) is 5.91 Å². The van der Waals surface area contributed by atoms with Gasteiger partial charge in [0.15, 0.2) is 0 Å². The molecule has 0 spiro atoms. The van der Waals surface area contributed by atoms with Crippen LogP contribution in [0.3, 0.4) is 0 Å². The number of amides is 2. The molecule has 2 amide bonds. The van der Waals surface area contributed by atoms with E-state index in [-0.39, 0.29) is 31.5 Å². The number of piperidine rings is 2. The van der Waals surface area contributed by atoms with Gasteiger partial charge in [0.25, 0.3) is 10.2 Å². The molecule has 10 nitrogen and oxygen atoms in total. The summed E-state index contributed by atoms with van der Waals surface area (Å²) in [5.41, 5.74) is 0. The number of carbonyl (C=O) groups is 2. The first-order valence-corrected chi connectivity index (χ1v) is 13.9. The van der Waals surface area contributed by atoms with Crippen molar-refractivity contribution in [2.45, 2.75) is 46.0 Å². The molecule has 190 valence electrons. The Morgan fingerprint density at radius 1 is 0.970 bits per heavy atom. The molecule has 1 atom stereocenters. The summed E-state index contributed by atoms with van der Waals surface area (Å²) >= 11 is 0. The third-order valence-electron chi connectivity index (χ3n) is 7.00. The first-order chi connectivity index (χ1) is 15.8. The van der Waals surface area contributed by atoms with E-state index in [0.29, 0.717) is 45.6 Å². The van der Waals surface area contributed by atoms with Crippen molar-refractivity contribution in [1.82, 2.24) is 23.7 Å². The van der Waals surface area contributed by atoms with Gasteiger partial charge in [-0.15, -0.1) is 0 Å². The van der Waals surface area contributed by atoms with Crippen molar-refractivity contribution in [3.05, 3.63) is 0 Å². The van der Waals surface area contributed by atoms with Gasteiger partial charge in [-0.1, -0.05) is 6.92 Å². The number of carbonyl (C=O) groups excluding carboxylic acids is 2. The van der Waals surface area contributed by atoms with E-state index >= 15 is 0 Å². The van der Waals surface area contributed by atoms with E-state index < -0.39 is 16.3 Å². The molecule has 0 aromatic rings. The Balaban J connectivity index is 1.41. The second kappa shape index (κ2) is 12.3. The largest absolute Gasteiger partial charge is 0.450 e. The van der Waals surface area contributed by atoms with Crippen LogP contribution in [0.2, 0.25) is 0 Å². The van der Waals surface area contributed by atoms with Gasteiger partial charge in [-0.25, -0.2) is 4.79 Å². The Labute approximate surface area is 198 Å². The van der Waals surface area contributed by atoms with E-state index in [0.717, 1.165) is 32.0 Å². The fourth-order valence-corrected chi connectivity index (χ4v) is 6.47. The van der Waals surface area contributed by atoms with Gasteiger partial charge >= 0.3 is 6.09 Å². The zero-order chi connectivity index (χ0) is 23.8. The van der Waals surface area contributed by atoms with E-state index in [9.17, 15) is 18.0 Å². The molecule has 3 heterocycles. The number of piperazine rings is 1. The lowest BCUT2D eigenvalue weighted by molar-refractivity contribution is -0.126. The highest BCUT2D eigenvalue weighted by Gasteiger charge is 2.37. The van der Waals surface area contributed by atoms with Gasteiger partial charge in [0, 0.05) is 45.8 Å². The van der Waals surface area contributed by atoms with Crippen LogP contribution in [0.4, 0.5) is 4.79 Å². The topological polar surface area (TPSA) is 102 Å². The van der Waals surface area contributed by atoms with Gasteiger partial charge in [-0.3, -0.25) is 4.79 Å². The van der Waals surface area contributed by atoms with Crippen molar-refractivity contribution in [3.8, 4) is 0 Å². The van der Waals surface area contributed by atoms with Crippen molar-refractivity contribution in [2.24, 2.45) is 11.8 Å². The normalized spacial score (nSPS) is 24.5. The molecule has 0 saturated carbocycles. The molecule has 3 aliphatic heterocycles. The maximum absolute atomic E-state index is 13.1. The monoisotopic (exact) mass is 487 g/mol. The second-order valence-corrected chi connectivity index (χ2v) is 11.4. The van der Waals surface area contributed by atoms with E-state index in [1.165, 1.54) is 26.4 Å². The van der Waals surface area contributed by atoms with Gasteiger partial charge in [-0.05, 0) is 64.6 Å². The summed E-state index contributed by atoms with van der Waals surface area (Å²) in [6.45, 7) is 9.99. The average molecular weight is 488 g/mol. The quantitative estimate of drug-likeness (QED) is 0.512. The number of nitrogens with zero attached hydrogens (tertiary/aromatic N) is 4. The fraction of sp³-hybridized carbons (Fsp3) is 0.909. The highest BCUT2D eigenvalue weighted by Crippen LogP contribution is 2.22. The Kier molecular flexibility index (Phi) is 9.78. The molecule has 3 saturated heterocycles. The summed E-state index contributed by atoms with van der Waals surface area (Å²) in [6, 6.07) is 0. The number of hydrogen-bond donors (Lipinski definition) is 1. The predicted octanol–water partition coefficient (Wildman–Crippen LogP) is 0.956. The van der Waals surface area contributed by atoms with Crippen LogP contribution in [0, 0.1) is 11.8 Å². The fourth-order valence-electron chi connectivity index (χ4n) is 4.79. The number of rotatable bonds is 8. The Bertz CT molecular complexity index is 748. The molecular weight excluding hydrogens is 446 g/mol. The SMILES string of the molecule is CCOC(=O)N1CCN(S(=O)(=O)N2CCC[C@H](C(=O)NCCCN3CCC(C)CC3)C2)CC1. The van der Waals surface area contributed by atoms with E-state index in [2.05, 4.69) is 17.1 Å². The van der Waals surface area contributed by atoms with Crippen LogP contribution in [0.5, 0.6) is 0 Å². The number of ether oxygens (including phenoxy) is 1. The van der Waals surface area contributed by atoms with Crippen LogP contribution < -0.4 is 5.32 Å². The lowest BCUT2D eigenvalue weighted by Crippen LogP contribution is -2.56. The number of likely N-dealkylation sites (tertiary alicyclic amines) is 1. The Hall–Kier alpha value is -1.43. The summed E-state index contributed by atoms with van der Waals surface area (Å²) < 4.78 is 34.2. The van der Waals surface area contributed by atoms with E-state index in [1.807, 2.05) is 0 Å². The summed E-state index contributed by atoms with van der Waals surface area (Å²) in [7, 11) is -3.66. The van der Waals surface area contributed by atoms with Crippen LogP contribution >= 0.6 is 0 Å². The highest BCUT2D eigenvalue weighted by atomic mass is 32.2. The zero-order valence-electron chi connectivity index (χ0n) is 20.2. The van der Waals surface area contributed by atoms with Crippen molar-refractivity contribution in [3.63, 3.8) is 0 Å². The maximum atomic E-state index is 13.1. The van der Waals surface area contributed by atoms with Crippen molar-refractivity contribution in [1.29, 1.82) is 0 Å². The van der Waals surface area contributed by atoms with Crippen molar-refractivity contribution >= 4 is 22.2 Å². The first-order valence-electron chi connectivity index (χ1n) is 12.5. The van der Waals surface area contributed by atoms with Crippen LogP contribution in [-0.2, 0) is 19.7 Å². The second-order valence-electron chi connectivity index (χ2n) is 9.46. The molecule has 0 unspecified atom stereocenters. The Morgan fingerprint density at radius 2 is 1.67 bits per heavy atom. The van der Waals surface area contributed by atoms with Crippen molar-refractivity contribution in [2.75, 3.05) is 72.1 Å². The van der Waals surface area contributed by atoms with Gasteiger partial charge < -0.3 is 19.9 Å². The van der Waals surface area contributed by atoms with Gasteiger partial charge in [-0.2, -0.15) is 17.0 Å². The zero-order valence-corrected chi connectivity index (χ0v) is 21.0. The predicted molar refractivity (Wildman–Crippen MR) is 126 cm³/mol. The average Bonchev–Trinajstić information content (AvgIpc) is 2.83. The molecular formula is C22H41N5O5S. The molecule has 33 heavy (non-hydrogen) atoms. The molecule has 0 bridgehead atoms. The smallest absolute Gasteiger partial charge is 0.409 e. The molecule has 0 aliphatic carbocycles. The van der Waals surface area contributed by atoms with Crippen LogP contribution in [-0.4, -0.2) is 111 Å².